The molecule has 2 amide bonds. The van der Waals surface area contributed by atoms with Gasteiger partial charge in [-0.05, 0) is 52.8 Å². The van der Waals surface area contributed by atoms with Gasteiger partial charge < -0.3 is 39.7 Å². The van der Waals surface area contributed by atoms with E-state index in [-0.39, 0.29) is 38.0 Å². The molecule has 1 heterocycles. The average molecular weight is 662 g/mol. The van der Waals surface area contributed by atoms with E-state index in [2.05, 4.69) is 32.8 Å². The van der Waals surface area contributed by atoms with Crippen LogP contribution in [0.4, 0.5) is 0 Å². The van der Waals surface area contributed by atoms with Crippen molar-refractivity contribution in [2.75, 3.05) is 59.7 Å². The number of methoxy groups -OCH3 is 1. The summed E-state index contributed by atoms with van der Waals surface area (Å²) in [4.78, 5) is 30.2. The quantitative estimate of drug-likeness (QED) is 0.225. The van der Waals surface area contributed by atoms with E-state index in [1.165, 1.54) is 7.11 Å². The summed E-state index contributed by atoms with van der Waals surface area (Å²) in [5.41, 5.74) is 1.01. The van der Waals surface area contributed by atoms with Gasteiger partial charge in [0.25, 0.3) is 0 Å². The van der Waals surface area contributed by atoms with Crippen molar-refractivity contribution in [3.8, 4) is 11.5 Å². The molecule has 0 radical (unpaired) electrons. The molecule has 0 bridgehead atoms. The van der Waals surface area contributed by atoms with Crippen LogP contribution in [0.15, 0.2) is 23.8 Å². The van der Waals surface area contributed by atoms with Crippen LogP contribution in [-0.4, -0.2) is 115 Å². The topological polar surface area (TPSA) is 141 Å². The van der Waals surface area contributed by atoms with Gasteiger partial charge in [-0.25, -0.2) is 0 Å². The number of aliphatic hydroxyl groups is 3. The molecular formula is C27H40IN3O8. The highest BCUT2D eigenvalue weighted by atomic mass is 127. The van der Waals surface area contributed by atoms with E-state index in [1.807, 2.05) is 6.92 Å². The van der Waals surface area contributed by atoms with Gasteiger partial charge in [0, 0.05) is 51.1 Å². The third kappa shape index (κ3) is 8.51. The first-order valence-electron chi connectivity index (χ1n) is 13.3. The Morgan fingerprint density at radius 2 is 2.00 bits per heavy atom. The number of carbonyl (C=O) groups is 2. The van der Waals surface area contributed by atoms with Crippen molar-refractivity contribution < 1.29 is 39.1 Å². The number of morpholine rings is 1. The van der Waals surface area contributed by atoms with E-state index >= 15 is 0 Å². The van der Waals surface area contributed by atoms with Crippen LogP contribution in [0.2, 0.25) is 0 Å². The lowest BCUT2D eigenvalue weighted by molar-refractivity contribution is -0.139. The number of hydrogen-bond donors (Lipinski definition) is 4. The lowest BCUT2D eigenvalue weighted by Crippen LogP contribution is -2.56. The number of aliphatic hydroxyl groups excluding tert-OH is 3. The molecule has 1 saturated heterocycles. The minimum absolute atomic E-state index is 0.0821. The molecule has 11 nitrogen and oxygen atoms in total. The van der Waals surface area contributed by atoms with Gasteiger partial charge in [0.15, 0.2) is 11.5 Å². The number of benzene rings is 1. The highest BCUT2D eigenvalue weighted by molar-refractivity contribution is 14.1. The molecule has 12 heteroatoms. The fourth-order valence-electron chi connectivity index (χ4n) is 4.80. The summed E-state index contributed by atoms with van der Waals surface area (Å²) < 4.78 is 17.9. The Morgan fingerprint density at radius 3 is 2.64 bits per heavy atom. The summed E-state index contributed by atoms with van der Waals surface area (Å²) in [6.45, 7) is 5.46. The normalized spacial score (nSPS) is 21.7. The van der Waals surface area contributed by atoms with Gasteiger partial charge in [0.2, 0.25) is 11.8 Å². The summed E-state index contributed by atoms with van der Waals surface area (Å²) in [6, 6.07) is 2.71. The third-order valence-corrected chi connectivity index (χ3v) is 7.69. The second-order valence-corrected chi connectivity index (χ2v) is 10.7. The molecule has 3 unspecified atom stereocenters. The predicted molar refractivity (Wildman–Crippen MR) is 153 cm³/mol. The third-order valence-electron chi connectivity index (χ3n) is 6.89. The number of carbonyl (C=O) groups excluding carboxylic acids is 2. The van der Waals surface area contributed by atoms with Crippen LogP contribution >= 0.6 is 22.6 Å². The highest BCUT2D eigenvalue weighted by Gasteiger charge is 2.40. The average Bonchev–Trinajstić information content (AvgIpc) is 2.94. The molecule has 218 valence electrons. The molecule has 0 spiro atoms. The zero-order valence-electron chi connectivity index (χ0n) is 22.6. The van der Waals surface area contributed by atoms with E-state index in [0.717, 1.165) is 13.1 Å². The summed E-state index contributed by atoms with van der Waals surface area (Å²) >= 11 is 2.07. The van der Waals surface area contributed by atoms with Crippen LogP contribution in [0.1, 0.15) is 31.7 Å². The SMILES string of the molecule is CCCC(=O)N(CCN1CCOCC1)C1CC(C(=O)NCCO)=CC(Oc2c(I)cc(CO)cc2OC)C1O. The maximum Gasteiger partial charge on any atom is 0.247 e. The summed E-state index contributed by atoms with van der Waals surface area (Å²) in [5, 5.41) is 33.0. The lowest BCUT2D eigenvalue weighted by Gasteiger charge is -2.41. The van der Waals surface area contributed by atoms with Crippen LogP contribution in [0.3, 0.4) is 0 Å². The van der Waals surface area contributed by atoms with Crippen LogP contribution in [0, 0.1) is 3.57 Å². The predicted octanol–water partition coefficient (Wildman–Crippen LogP) is 0.669. The van der Waals surface area contributed by atoms with Crippen LogP contribution in [0.25, 0.3) is 0 Å². The zero-order chi connectivity index (χ0) is 28.4. The first kappa shape index (κ1) is 31.6. The van der Waals surface area contributed by atoms with Crippen molar-refractivity contribution >= 4 is 34.4 Å². The van der Waals surface area contributed by atoms with E-state index < -0.39 is 18.2 Å². The standard InChI is InChI=1S/C27H40IN3O8/c1-3-4-24(34)31(7-6-30-8-11-38-12-9-30)21-15-19(27(36)29-5-10-32)16-22(25(21)35)39-26-20(28)13-18(17-33)14-23(26)37-2/h13-14,16,21-22,25,32-33,35H,3-12,15,17H2,1-2H3,(H,29,36). The molecule has 0 aromatic heterocycles. The number of amides is 2. The molecule has 1 aliphatic heterocycles. The molecule has 1 aromatic rings. The monoisotopic (exact) mass is 661 g/mol. The second-order valence-electron chi connectivity index (χ2n) is 9.57. The van der Waals surface area contributed by atoms with Crippen molar-refractivity contribution in [1.82, 2.24) is 15.1 Å². The summed E-state index contributed by atoms with van der Waals surface area (Å²) in [7, 11) is 1.49. The van der Waals surface area contributed by atoms with E-state index in [0.29, 0.717) is 65.4 Å². The minimum atomic E-state index is -1.12. The summed E-state index contributed by atoms with van der Waals surface area (Å²) in [6.07, 6.45) is 0.621. The van der Waals surface area contributed by atoms with E-state index in [1.54, 1.807) is 23.1 Å². The van der Waals surface area contributed by atoms with Gasteiger partial charge in [0.1, 0.15) is 12.2 Å². The lowest BCUT2D eigenvalue weighted by atomic mass is 9.88. The van der Waals surface area contributed by atoms with Gasteiger partial charge in [-0.15, -0.1) is 0 Å². The number of nitrogens with zero attached hydrogens (tertiary/aromatic N) is 2. The van der Waals surface area contributed by atoms with Gasteiger partial charge in [-0.3, -0.25) is 14.5 Å². The molecule has 1 aromatic carbocycles. The number of hydrogen-bond acceptors (Lipinski definition) is 9. The fraction of sp³-hybridized carbons (Fsp3) is 0.630. The Labute approximate surface area is 243 Å². The van der Waals surface area contributed by atoms with Gasteiger partial charge in [-0.1, -0.05) is 6.92 Å². The van der Waals surface area contributed by atoms with Gasteiger partial charge in [0.05, 0.1) is 43.1 Å². The first-order chi connectivity index (χ1) is 18.8. The molecule has 0 saturated carbocycles. The van der Waals surface area contributed by atoms with Crippen molar-refractivity contribution in [1.29, 1.82) is 0 Å². The molecular weight excluding hydrogens is 621 g/mol. The zero-order valence-corrected chi connectivity index (χ0v) is 24.8. The molecule has 1 aliphatic carbocycles. The van der Waals surface area contributed by atoms with Gasteiger partial charge >= 0.3 is 0 Å². The molecule has 2 aliphatic rings. The fourth-order valence-corrected chi connectivity index (χ4v) is 5.59. The van der Waals surface area contributed by atoms with E-state index in [9.17, 15) is 24.9 Å². The molecule has 39 heavy (non-hydrogen) atoms. The van der Waals surface area contributed by atoms with Crippen LogP contribution in [0.5, 0.6) is 11.5 Å². The van der Waals surface area contributed by atoms with Gasteiger partial charge in [-0.2, -0.15) is 0 Å². The smallest absolute Gasteiger partial charge is 0.247 e. The van der Waals surface area contributed by atoms with E-state index in [4.69, 9.17) is 14.2 Å². The highest BCUT2D eigenvalue weighted by Crippen LogP contribution is 2.37. The maximum atomic E-state index is 13.3. The Bertz CT molecular complexity index is 1000. The Balaban J connectivity index is 1.94. The molecule has 1 fully saturated rings. The Hall–Kier alpha value is -1.97. The van der Waals surface area contributed by atoms with Crippen LogP contribution < -0.4 is 14.8 Å². The summed E-state index contributed by atoms with van der Waals surface area (Å²) in [5.74, 6) is 0.269. The van der Waals surface area contributed by atoms with Crippen molar-refractivity contribution in [2.24, 2.45) is 0 Å². The minimum Gasteiger partial charge on any atom is -0.493 e. The van der Waals surface area contributed by atoms with Crippen molar-refractivity contribution in [3.63, 3.8) is 0 Å². The molecule has 3 atom stereocenters. The number of ether oxygens (including phenoxy) is 3. The van der Waals surface area contributed by atoms with Crippen molar-refractivity contribution in [3.05, 3.63) is 32.9 Å². The first-order valence-corrected chi connectivity index (χ1v) is 14.4. The Morgan fingerprint density at radius 1 is 1.26 bits per heavy atom. The number of nitrogens with one attached hydrogen (secondary N) is 1. The Kier molecular flexibility index (Phi) is 12.7. The molecule has 3 rings (SSSR count). The largest absolute Gasteiger partial charge is 0.493 e. The maximum absolute atomic E-state index is 13.3. The molecule has 4 N–H and O–H groups in total. The van der Waals surface area contributed by atoms with Crippen LogP contribution in [-0.2, 0) is 20.9 Å². The number of rotatable bonds is 13. The van der Waals surface area contributed by atoms with Crippen molar-refractivity contribution in [2.45, 2.75) is 51.0 Å². The second kappa shape index (κ2) is 15.7. The number of halogens is 1.